The van der Waals surface area contributed by atoms with Gasteiger partial charge in [-0.25, -0.2) is 10.0 Å². The van der Waals surface area contributed by atoms with Gasteiger partial charge in [0.15, 0.2) is 5.69 Å². The number of halogens is 6. The lowest BCUT2D eigenvalue weighted by molar-refractivity contribution is -0.991. The minimum atomic E-state index is -5.78. The van der Waals surface area contributed by atoms with Crippen LogP contribution in [0.1, 0.15) is 13.3 Å². The summed E-state index contributed by atoms with van der Waals surface area (Å²) in [5, 5.41) is 20.8. The van der Waals surface area contributed by atoms with Gasteiger partial charge in [0.2, 0.25) is 5.54 Å². The SMILES string of the molecule is CCC(NC(=O)Nc1cccc([NH+]([O-])O)c1)(C(F)(F)F)C(F)(F)F. The molecule has 0 fully saturated rings. The van der Waals surface area contributed by atoms with Gasteiger partial charge in [0.25, 0.3) is 0 Å². The molecule has 0 aliphatic heterocycles. The molecular weight excluding hydrogens is 348 g/mol. The van der Waals surface area contributed by atoms with Gasteiger partial charge in [-0.1, -0.05) is 13.0 Å². The summed E-state index contributed by atoms with van der Waals surface area (Å²) in [6.07, 6.45) is -13.0. The molecule has 6 nitrogen and oxygen atoms in total. The van der Waals surface area contributed by atoms with Crippen molar-refractivity contribution in [2.45, 2.75) is 31.2 Å². The van der Waals surface area contributed by atoms with Crippen LogP contribution < -0.4 is 15.9 Å². The fourth-order valence-electron chi connectivity index (χ4n) is 1.88. The predicted molar refractivity (Wildman–Crippen MR) is 69.5 cm³/mol. The summed E-state index contributed by atoms with van der Waals surface area (Å²) in [6.45, 7) is 0.631. The van der Waals surface area contributed by atoms with Crippen LogP contribution in [-0.2, 0) is 0 Å². The predicted octanol–water partition coefficient (Wildman–Crippen LogP) is 2.48. The minimum absolute atomic E-state index is 0.276. The molecule has 0 spiro atoms. The molecule has 0 radical (unpaired) electrons. The van der Waals surface area contributed by atoms with Gasteiger partial charge in [-0.3, -0.25) is 0 Å². The highest BCUT2D eigenvalue weighted by molar-refractivity contribution is 5.90. The Morgan fingerprint density at radius 3 is 2.17 bits per heavy atom. The van der Waals surface area contributed by atoms with Crippen LogP contribution in [0.15, 0.2) is 24.3 Å². The number of carbonyl (C=O) groups is 1. The van der Waals surface area contributed by atoms with Gasteiger partial charge in [-0.2, -0.15) is 31.6 Å². The number of benzene rings is 1. The van der Waals surface area contributed by atoms with E-state index in [9.17, 15) is 36.3 Å². The molecule has 0 heterocycles. The largest absolute Gasteiger partial charge is 0.595 e. The highest BCUT2D eigenvalue weighted by Gasteiger charge is 2.70. The molecule has 0 aliphatic rings. The van der Waals surface area contributed by atoms with E-state index in [2.05, 4.69) is 0 Å². The quantitative estimate of drug-likeness (QED) is 0.491. The van der Waals surface area contributed by atoms with Crippen molar-refractivity contribution in [3.8, 4) is 0 Å². The smallest absolute Gasteiger partial charge is 0.420 e. The Morgan fingerprint density at radius 2 is 1.75 bits per heavy atom. The molecule has 0 bridgehead atoms. The number of quaternary nitrogens is 1. The summed E-state index contributed by atoms with van der Waals surface area (Å²) in [5.74, 6) is 0. The summed E-state index contributed by atoms with van der Waals surface area (Å²) >= 11 is 0. The third kappa shape index (κ3) is 4.07. The molecular formula is C12H13F6N3O3. The average Bonchev–Trinajstić information content (AvgIpc) is 2.42. The van der Waals surface area contributed by atoms with Gasteiger partial charge in [0, 0.05) is 17.8 Å². The molecule has 0 saturated heterocycles. The van der Waals surface area contributed by atoms with E-state index in [-0.39, 0.29) is 11.4 Å². The normalized spacial score (nSPS) is 14.2. The highest BCUT2D eigenvalue weighted by atomic mass is 19.4. The van der Waals surface area contributed by atoms with Crippen LogP contribution in [0.25, 0.3) is 0 Å². The second-order valence-electron chi connectivity index (χ2n) is 4.72. The van der Waals surface area contributed by atoms with E-state index in [1.165, 1.54) is 6.07 Å². The summed E-state index contributed by atoms with van der Waals surface area (Å²) in [4.78, 5) is 11.6. The molecule has 0 aromatic heterocycles. The van der Waals surface area contributed by atoms with Crippen molar-refractivity contribution in [1.29, 1.82) is 0 Å². The van der Waals surface area contributed by atoms with Crippen LogP contribution in [0.5, 0.6) is 0 Å². The summed E-state index contributed by atoms with van der Waals surface area (Å²) in [5.41, 5.74) is -5.00. The number of amides is 2. The first-order valence-corrected chi connectivity index (χ1v) is 6.40. The zero-order chi connectivity index (χ0) is 18.8. The standard InChI is InChI=1S/C12H13F6N3O3/c1-2-10(11(13,14)15,12(16,17)18)20-9(22)19-7-4-3-5-8(6-7)21(23)24/h3-6,21,23H,2H2,1H3,(H2,19,20,22). The molecule has 1 aromatic rings. The van der Waals surface area contributed by atoms with Crippen LogP contribution in [-0.4, -0.2) is 29.1 Å². The lowest BCUT2D eigenvalue weighted by Gasteiger charge is -2.37. The Morgan fingerprint density at radius 1 is 1.21 bits per heavy atom. The number of alkyl halides is 6. The molecule has 1 rings (SSSR count). The maximum Gasteiger partial charge on any atom is 0.420 e. The maximum atomic E-state index is 12.9. The van der Waals surface area contributed by atoms with Crippen LogP contribution in [0, 0.1) is 5.21 Å². The van der Waals surface area contributed by atoms with Gasteiger partial charge in [-0.05, 0) is 12.5 Å². The molecule has 1 aromatic carbocycles. The van der Waals surface area contributed by atoms with E-state index in [0.717, 1.165) is 23.5 Å². The van der Waals surface area contributed by atoms with Crippen molar-refractivity contribution in [3.63, 3.8) is 0 Å². The van der Waals surface area contributed by atoms with E-state index in [4.69, 9.17) is 5.21 Å². The van der Waals surface area contributed by atoms with Crippen molar-refractivity contribution in [2.75, 3.05) is 5.32 Å². The Hall–Kier alpha value is -2.05. The lowest BCUT2D eigenvalue weighted by Crippen LogP contribution is -2.99. The van der Waals surface area contributed by atoms with Crippen LogP contribution in [0.3, 0.4) is 0 Å². The van der Waals surface area contributed by atoms with Crippen molar-refractivity contribution in [3.05, 3.63) is 29.5 Å². The van der Waals surface area contributed by atoms with E-state index < -0.39 is 35.6 Å². The van der Waals surface area contributed by atoms with Gasteiger partial charge in [0.1, 0.15) is 0 Å². The van der Waals surface area contributed by atoms with Gasteiger partial charge in [0.05, 0.1) is 0 Å². The van der Waals surface area contributed by atoms with E-state index >= 15 is 0 Å². The van der Waals surface area contributed by atoms with E-state index in [1.54, 1.807) is 5.32 Å². The third-order valence-corrected chi connectivity index (χ3v) is 3.19. The molecule has 1 unspecified atom stereocenters. The Kier molecular flexibility index (Phi) is 5.69. The zero-order valence-electron chi connectivity index (χ0n) is 12.0. The Balaban J connectivity index is 3.04. The fourth-order valence-corrected chi connectivity index (χ4v) is 1.88. The van der Waals surface area contributed by atoms with Crippen molar-refractivity contribution in [1.82, 2.24) is 5.32 Å². The number of hydrogen-bond donors (Lipinski definition) is 4. The summed E-state index contributed by atoms with van der Waals surface area (Å²) in [6, 6.07) is 2.53. The van der Waals surface area contributed by atoms with Gasteiger partial charge in [-0.15, -0.1) is 0 Å². The Bertz CT molecular complexity index is 574. The van der Waals surface area contributed by atoms with Gasteiger partial charge >= 0.3 is 18.4 Å². The fraction of sp³-hybridized carbons (Fsp3) is 0.417. The second kappa shape index (κ2) is 6.83. The lowest BCUT2D eigenvalue weighted by atomic mass is 9.94. The van der Waals surface area contributed by atoms with E-state index in [0.29, 0.717) is 6.92 Å². The molecule has 0 saturated carbocycles. The van der Waals surface area contributed by atoms with Crippen molar-refractivity contribution in [2.24, 2.45) is 0 Å². The number of hydrogen-bond acceptors (Lipinski definition) is 3. The molecule has 2 amide bonds. The summed E-state index contributed by atoms with van der Waals surface area (Å²) < 4.78 is 77.4. The second-order valence-corrected chi connectivity index (χ2v) is 4.72. The third-order valence-electron chi connectivity index (χ3n) is 3.19. The molecule has 0 aliphatic carbocycles. The topological polar surface area (TPSA) is 88.9 Å². The average molecular weight is 361 g/mol. The molecule has 12 heteroatoms. The minimum Gasteiger partial charge on any atom is -0.595 e. The van der Waals surface area contributed by atoms with Crippen molar-refractivity contribution < 1.29 is 41.6 Å². The zero-order valence-corrected chi connectivity index (χ0v) is 12.0. The first-order chi connectivity index (χ1) is 10.8. The van der Waals surface area contributed by atoms with Crippen LogP contribution in [0.4, 0.5) is 42.5 Å². The Labute approximate surface area is 131 Å². The first kappa shape index (κ1) is 20.0. The van der Waals surface area contributed by atoms with Crippen LogP contribution in [0.2, 0.25) is 0 Å². The first-order valence-electron chi connectivity index (χ1n) is 6.40. The number of rotatable bonds is 4. The molecule has 136 valence electrons. The number of nitrogens with one attached hydrogen (secondary N) is 3. The van der Waals surface area contributed by atoms with Gasteiger partial charge < -0.3 is 15.8 Å². The number of anilines is 1. The summed E-state index contributed by atoms with van der Waals surface area (Å²) in [7, 11) is 0. The molecule has 24 heavy (non-hydrogen) atoms. The highest BCUT2D eigenvalue weighted by Crippen LogP contribution is 2.45. The monoisotopic (exact) mass is 361 g/mol. The maximum absolute atomic E-state index is 12.9. The number of carbonyl (C=O) groups excluding carboxylic acids is 1. The van der Waals surface area contributed by atoms with Crippen molar-refractivity contribution >= 4 is 17.4 Å². The van der Waals surface area contributed by atoms with E-state index in [1.807, 2.05) is 0 Å². The molecule has 4 N–H and O–H groups in total. The van der Waals surface area contributed by atoms with Crippen LogP contribution >= 0.6 is 0 Å². The molecule has 1 atom stereocenters. The number of urea groups is 1.